The normalized spacial score (nSPS) is 15.9. The number of anilines is 2. The third kappa shape index (κ3) is 2.37. The molecule has 0 amide bonds. The highest BCUT2D eigenvalue weighted by molar-refractivity contribution is 6.01. The Kier molecular flexibility index (Phi) is 3.28. The lowest BCUT2D eigenvalue weighted by atomic mass is 10.1. The van der Waals surface area contributed by atoms with Gasteiger partial charge in [-0.2, -0.15) is 0 Å². The van der Waals surface area contributed by atoms with Gasteiger partial charge in [-0.3, -0.25) is 0 Å². The second-order valence-corrected chi connectivity index (χ2v) is 5.56. The molecule has 0 saturated heterocycles. The molecule has 1 N–H and O–H groups in total. The van der Waals surface area contributed by atoms with Gasteiger partial charge in [0.1, 0.15) is 5.82 Å². The Labute approximate surface area is 114 Å². The lowest BCUT2D eigenvalue weighted by molar-refractivity contribution is 0.756. The van der Waals surface area contributed by atoms with E-state index in [4.69, 9.17) is 0 Å². The smallest absolute Gasteiger partial charge is 0.137 e. The summed E-state index contributed by atoms with van der Waals surface area (Å²) in [6.07, 6.45) is 7.15. The summed E-state index contributed by atoms with van der Waals surface area (Å²) in [7, 11) is 4.10. The van der Waals surface area contributed by atoms with Crippen LogP contribution in [0.2, 0.25) is 0 Å². The molecule has 3 nitrogen and oxygen atoms in total. The summed E-state index contributed by atoms with van der Waals surface area (Å²) in [5.41, 5.74) is 1.22. The van der Waals surface area contributed by atoms with Crippen molar-refractivity contribution in [3.05, 3.63) is 30.5 Å². The van der Waals surface area contributed by atoms with Crippen molar-refractivity contribution in [3.8, 4) is 0 Å². The summed E-state index contributed by atoms with van der Waals surface area (Å²) in [5, 5.41) is 6.20. The fourth-order valence-corrected chi connectivity index (χ4v) is 2.96. The van der Waals surface area contributed by atoms with Crippen LogP contribution in [0.5, 0.6) is 0 Å². The minimum Gasteiger partial charge on any atom is -0.382 e. The number of nitrogens with one attached hydrogen (secondary N) is 1. The van der Waals surface area contributed by atoms with E-state index in [2.05, 4.69) is 39.5 Å². The highest BCUT2D eigenvalue weighted by Crippen LogP contribution is 2.32. The zero-order valence-corrected chi connectivity index (χ0v) is 11.7. The summed E-state index contributed by atoms with van der Waals surface area (Å²) in [5.74, 6) is 1.04. The molecule has 0 spiro atoms. The quantitative estimate of drug-likeness (QED) is 0.907. The van der Waals surface area contributed by atoms with E-state index in [1.54, 1.807) is 0 Å². The van der Waals surface area contributed by atoms with E-state index in [-0.39, 0.29) is 0 Å². The maximum Gasteiger partial charge on any atom is 0.137 e. The SMILES string of the molecule is CN(C)c1nccc2cccc(NC3CCCC3)c12. The minimum absolute atomic E-state index is 0.626. The maximum atomic E-state index is 4.53. The van der Waals surface area contributed by atoms with Crippen LogP contribution in [-0.4, -0.2) is 25.1 Å². The zero-order valence-electron chi connectivity index (χ0n) is 11.7. The third-order valence-electron chi connectivity index (χ3n) is 3.91. The first-order chi connectivity index (χ1) is 9.25. The average molecular weight is 255 g/mol. The van der Waals surface area contributed by atoms with Gasteiger partial charge in [-0.25, -0.2) is 4.98 Å². The molecule has 0 aliphatic heterocycles. The van der Waals surface area contributed by atoms with Crippen LogP contribution in [0, 0.1) is 0 Å². The lowest BCUT2D eigenvalue weighted by Crippen LogP contribution is -2.16. The van der Waals surface area contributed by atoms with Gasteiger partial charge in [0.15, 0.2) is 0 Å². The van der Waals surface area contributed by atoms with E-state index in [1.165, 1.54) is 42.1 Å². The van der Waals surface area contributed by atoms with E-state index in [1.807, 2.05) is 20.3 Å². The van der Waals surface area contributed by atoms with Crippen LogP contribution >= 0.6 is 0 Å². The van der Waals surface area contributed by atoms with Gasteiger partial charge in [-0.1, -0.05) is 25.0 Å². The Hall–Kier alpha value is -1.77. The van der Waals surface area contributed by atoms with E-state index in [0.29, 0.717) is 6.04 Å². The summed E-state index contributed by atoms with van der Waals surface area (Å²) in [4.78, 5) is 6.61. The molecular formula is C16H21N3. The molecule has 1 saturated carbocycles. The summed E-state index contributed by atoms with van der Waals surface area (Å²) >= 11 is 0. The van der Waals surface area contributed by atoms with Crippen molar-refractivity contribution in [2.45, 2.75) is 31.7 Å². The molecule has 0 bridgehead atoms. The van der Waals surface area contributed by atoms with Crippen molar-refractivity contribution in [1.29, 1.82) is 0 Å². The molecule has 1 aromatic carbocycles. The van der Waals surface area contributed by atoms with Gasteiger partial charge in [0.2, 0.25) is 0 Å². The first-order valence-corrected chi connectivity index (χ1v) is 7.07. The Morgan fingerprint density at radius 1 is 1.16 bits per heavy atom. The Morgan fingerprint density at radius 2 is 1.95 bits per heavy atom. The highest BCUT2D eigenvalue weighted by Gasteiger charge is 2.17. The molecule has 1 heterocycles. The van der Waals surface area contributed by atoms with Crippen LogP contribution in [0.3, 0.4) is 0 Å². The van der Waals surface area contributed by atoms with Crippen LogP contribution < -0.4 is 10.2 Å². The van der Waals surface area contributed by atoms with Crippen molar-refractivity contribution >= 4 is 22.3 Å². The molecule has 0 unspecified atom stereocenters. The number of fused-ring (bicyclic) bond motifs is 1. The summed E-state index contributed by atoms with van der Waals surface area (Å²) < 4.78 is 0. The predicted octanol–water partition coefficient (Wildman–Crippen LogP) is 3.66. The van der Waals surface area contributed by atoms with Gasteiger partial charge in [0.05, 0.1) is 0 Å². The first-order valence-electron chi connectivity index (χ1n) is 7.07. The molecule has 0 atom stereocenters. The van der Waals surface area contributed by atoms with E-state index >= 15 is 0 Å². The third-order valence-corrected chi connectivity index (χ3v) is 3.91. The molecule has 1 aliphatic rings. The van der Waals surface area contributed by atoms with Crippen LogP contribution in [0.25, 0.3) is 10.8 Å². The zero-order chi connectivity index (χ0) is 13.2. The van der Waals surface area contributed by atoms with Crippen molar-refractivity contribution in [3.63, 3.8) is 0 Å². The predicted molar refractivity (Wildman–Crippen MR) is 81.9 cm³/mol. The number of benzene rings is 1. The number of hydrogen-bond acceptors (Lipinski definition) is 3. The van der Waals surface area contributed by atoms with Crippen molar-refractivity contribution < 1.29 is 0 Å². The number of rotatable bonds is 3. The topological polar surface area (TPSA) is 28.2 Å². The number of aromatic nitrogens is 1. The average Bonchev–Trinajstić information content (AvgIpc) is 2.91. The largest absolute Gasteiger partial charge is 0.382 e. The molecule has 0 radical (unpaired) electrons. The molecule has 2 aromatic rings. The number of pyridine rings is 1. The van der Waals surface area contributed by atoms with Crippen molar-refractivity contribution in [2.75, 3.05) is 24.3 Å². The molecular weight excluding hydrogens is 234 g/mol. The number of nitrogens with zero attached hydrogens (tertiary/aromatic N) is 2. The standard InChI is InChI=1S/C16H21N3/c1-19(2)16-15-12(10-11-17-16)6-5-9-14(15)18-13-7-3-4-8-13/h5-6,9-11,13,18H,3-4,7-8H2,1-2H3. The van der Waals surface area contributed by atoms with Crippen LogP contribution in [-0.2, 0) is 0 Å². The Morgan fingerprint density at radius 3 is 2.68 bits per heavy atom. The molecule has 100 valence electrons. The fourth-order valence-electron chi connectivity index (χ4n) is 2.96. The van der Waals surface area contributed by atoms with E-state index in [0.717, 1.165) is 5.82 Å². The van der Waals surface area contributed by atoms with Gasteiger partial charge >= 0.3 is 0 Å². The van der Waals surface area contributed by atoms with E-state index < -0.39 is 0 Å². The van der Waals surface area contributed by atoms with Gasteiger partial charge < -0.3 is 10.2 Å². The summed E-state index contributed by atoms with van der Waals surface area (Å²) in [6, 6.07) is 9.17. The van der Waals surface area contributed by atoms with Crippen molar-refractivity contribution in [2.24, 2.45) is 0 Å². The second kappa shape index (κ2) is 5.08. The van der Waals surface area contributed by atoms with E-state index in [9.17, 15) is 0 Å². The molecule has 1 aliphatic carbocycles. The molecule has 1 aromatic heterocycles. The van der Waals surface area contributed by atoms with Gasteiger partial charge in [-0.15, -0.1) is 0 Å². The highest BCUT2D eigenvalue weighted by atomic mass is 15.1. The Bertz CT molecular complexity index is 566. The summed E-state index contributed by atoms with van der Waals surface area (Å²) in [6.45, 7) is 0. The maximum absolute atomic E-state index is 4.53. The van der Waals surface area contributed by atoms with Crippen LogP contribution in [0.1, 0.15) is 25.7 Å². The second-order valence-electron chi connectivity index (χ2n) is 5.56. The fraction of sp³-hybridized carbons (Fsp3) is 0.438. The van der Waals surface area contributed by atoms with Crippen molar-refractivity contribution in [1.82, 2.24) is 4.98 Å². The van der Waals surface area contributed by atoms with Gasteiger partial charge in [0, 0.05) is 37.4 Å². The molecule has 3 rings (SSSR count). The lowest BCUT2D eigenvalue weighted by Gasteiger charge is -2.20. The van der Waals surface area contributed by atoms with Gasteiger partial charge in [-0.05, 0) is 30.4 Å². The molecule has 1 fully saturated rings. The minimum atomic E-state index is 0.626. The van der Waals surface area contributed by atoms with Crippen LogP contribution in [0.15, 0.2) is 30.5 Å². The number of hydrogen-bond donors (Lipinski definition) is 1. The molecule has 19 heavy (non-hydrogen) atoms. The monoisotopic (exact) mass is 255 g/mol. The van der Waals surface area contributed by atoms with Crippen LogP contribution in [0.4, 0.5) is 11.5 Å². The van der Waals surface area contributed by atoms with Gasteiger partial charge in [0.25, 0.3) is 0 Å². The first kappa shape index (κ1) is 12.3. The Balaban J connectivity index is 2.07. The molecule has 3 heteroatoms.